The van der Waals surface area contributed by atoms with E-state index >= 15 is 0 Å². The lowest BCUT2D eigenvalue weighted by Gasteiger charge is -2.10. The van der Waals surface area contributed by atoms with Gasteiger partial charge in [-0.05, 0) is 29.3 Å². The summed E-state index contributed by atoms with van der Waals surface area (Å²) in [6.45, 7) is 0. The van der Waals surface area contributed by atoms with Gasteiger partial charge in [-0.2, -0.15) is 0 Å². The highest BCUT2D eigenvalue weighted by Crippen LogP contribution is 2.36. The van der Waals surface area contributed by atoms with Crippen molar-refractivity contribution in [1.82, 2.24) is 4.98 Å². The fourth-order valence-electron chi connectivity index (χ4n) is 3.17. The van der Waals surface area contributed by atoms with Crippen LogP contribution in [0.2, 0.25) is 0 Å². The van der Waals surface area contributed by atoms with Crippen LogP contribution in [0.5, 0.6) is 0 Å². The minimum absolute atomic E-state index is 0.0371. The topological polar surface area (TPSA) is 99.2 Å². The lowest BCUT2D eigenvalue weighted by Crippen LogP contribution is -1.96. The van der Waals surface area contributed by atoms with Crippen molar-refractivity contribution in [3.05, 3.63) is 99.1 Å². The first kappa shape index (κ1) is 17.3. The third kappa shape index (κ3) is 3.05. The number of para-hydroxylation sites is 1. The second kappa shape index (κ2) is 6.88. The monoisotopic (exact) mass is 371 g/mol. The van der Waals surface area contributed by atoms with Crippen LogP contribution in [-0.2, 0) is 0 Å². The molecule has 0 fully saturated rings. The van der Waals surface area contributed by atoms with Crippen LogP contribution in [0.25, 0.3) is 33.3 Å². The van der Waals surface area contributed by atoms with E-state index in [1.165, 1.54) is 18.2 Å². The van der Waals surface area contributed by atoms with E-state index in [2.05, 4.69) is 4.98 Å². The Morgan fingerprint density at radius 2 is 1.43 bits per heavy atom. The molecule has 4 rings (SSSR count). The van der Waals surface area contributed by atoms with E-state index in [0.29, 0.717) is 22.2 Å². The van der Waals surface area contributed by atoms with E-state index in [-0.39, 0.29) is 11.4 Å². The minimum atomic E-state index is -0.454. The van der Waals surface area contributed by atoms with Gasteiger partial charge in [-0.1, -0.05) is 42.5 Å². The molecule has 0 radical (unpaired) electrons. The third-order valence-electron chi connectivity index (χ3n) is 4.46. The molecular formula is C21H13N3O4. The van der Waals surface area contributed by atoms with Gasteiger partial charge in [-0.3, -0.25) is 20.2 Å². The number of nitro benzene ring substituents is 2. The number of hydrogen-bond acceptors (Lipinski definition) is 5. The Labute approximate surface area is 159 Å². The maximum Gasteiger partial charge on any atom is 0.278 e. The molecule has 0 aliphatic rings. The number of pyridine rings is 1. The molecule has 7 nitrogen and oxygen atoms in total. The molecule has 0 unspecified atom stereocenters. The first-order valence-electron chi connectivity index (χ1n) is 8.43. The molecule has 0 aliphatic heterocycles. The Kier molecular flexibility index (Phi) is 4.25. The molecule has 0 bridgehead atoms. The van der Waals surface area contributed by atoms with E-state index in [9.17, 15) is 20.2 Å². The number of nitrogens with zero attached hydrogens (tertiary/aromatic N) is 3. The first-order chi connectivity index (χ1) is 13.5. The van der Waals surface area contributed by atoms with E-state index in [1.54, 1.807) is 30.3 Å². The van der Waals surface area contributed by atoms with Gasteiger partial charge >= 0.3 is 0 Å². The van der Waals surface area contributed by atoms with E-state index < -0.39 is 9.85 Å². The molecule has 0 saturated carbocycles. The molecule has 136 valence electrons. The molecule has 0 saturated heterocycles. The lowest BCUT2D eigenvalue weighted by atomic mass is 9.97. The maximum atomic E-state index is 11.4. The number of fused-ring (bicyclic) bond motifs is 1. The van der Waals surface area contributed by atoms with E-state index in [0.717, 1.165) is 11.1 Å². The van der Waals surface area contributed by atoms with Gasteiger partial charge in [0.25, 0.3) is 11.4 Å². The number of hydrogen-bond donors (Lipinski definition) is 0. The highest BCUT2D eigenvalue weighted by molar-refractivity contribution is 5.98. The molecule has 1 aromatic heterocycles. The summed E-state index contributed by atoms with van der Waals surface area (Å²) in [7, 11) is 0. The summed E-state index contributed by atoms with van der Waals surface area (Å²) in [6, 6.07) is 21.9. The Morgan fingerprint density at radius 1 is 0.714 bits per heavy atom. The number of nitro groups is 2. The largest absolute Gasteiger partial charge is 0.278 e. The molecule has 4 aromatic rings. The van der Waals surface area contributed by atoms with Gasteiger partial charge in [-0.15, -0.1) is 0 Å². The number of rotatable bonds is 4. The van der Waals surface area contributed by atoms with Crippen molar-refractivity contribution in [2.24, 2.45) is 0 Å². The van der Waals surface area contributed by atoms with Crippen molar-refractivity contribution in [1.29, 1.82) is 0 Å². The molecular weight excluding hydrogens is 358 g/mol. The zero-order valence-corrected chi connectivity index (χ0v) is 14.5. The molecule has 3 aromatic carbocycles. The van der Waals surface area contributed by atoms with Crippen LogP contribution in [0.3, 0.4) is 0 Å². The molecule has 0 atom stereocenters. The van der Waals surface area contributed by atoms with Crippen molar-refractivity contribution in [3.63, 3.8) is 0 Å². The minimum Gasteiger partial charge on any atom is -0.258 e. The average Bonchev–Trinajstić information content (AvgIpc) is 2.73. The van der Waals surface area contributed by atoms with Crippen molar-refractivity contribution in [2.75, 3.05) is 0 Å². The van der Waals surface area contributed by atoms with Crippen LogP contribution in [0, 0.1) is 20.2 Å². The molecule has 0 N–H and O–H groups in total. The summed E-state index contributed by atoms with van der Waals surface area (Å²) in [5.41, 5.74) is 2.84. The summed E-state index contributed by atoms with van der Waals surface area (Å²) >= 11 is 0. The van der Waals surface area contributed by atoms with Gasteiger partial charge in [0, 0.05) is 23.6 Å². The predicted octanol–water partition coefficient (Wildman–Crippen LogP) is 5.39. The van der Waals surface area contributed by atoms with Crippen molar-refractivity contribution in [3.8, 4) is 22.4 Å². The first-order valence-corrected chi connectivity index (χ1v) is 8.43. The number of benzene rings is 3. The SMILES string of the molecule is O=[N+]([O-])c1ccc2nc(-c3ccccc3[N+](=O)[O-])cc(-c3ccccc3)c2c1. The van der Waals surface area contributed by atoms with Crippen molar-refractivity contribution in [2.45, 2.75) is 0 Å². The summed E-state index contributed by atoms with van der Waals surface area (Å²) in [5.74, 6) is 0. The Bertz CT molecular complexity index is 1220. The molecule has 0 amide bonds. The molecule has 0 aliphatic carbocycles. The molecule has 1 heterocycles. The molecule has 0 spiro atoms. The zero-order valence-electron chi connectivity index (χ0n) is 14.5. The summed E-state index contributed by atoms with van der Waals surface area (Å²) in [6.07, 6.45) is 0. The lowest BCUT2D eigenvalue weighted by molar-refractivity contribution is -0.384. The quantitative estimate of drug-likeness (QED) is 0.354. The summed E-state index contributed by atoms with van der Waals surface area (Å²) < 4.78 is 0. The fourth-order valence-corrected chi connectivity index (χ4v) is 3.17. The van der Waals surface area contributed by atoms with Crippen LogP contribution in [0.15, 0.2) is 78.9 Å². The van der Waals surface area contributed by atoms with Gasteiger partial charge in [0.15, 0.2) is 0 Å². The number of aromatic nitrogens is 1. The number of non-ortho nitro benzene ring substituents is 1. The van der Waals surface area contributed by atoms with Gasteiger partial charge in [0.1, 0.15) is 0 Å². The second-order valence-electron chi connectivity index (χ2n) is 6.15. The van der Waals surface area contributed by atoms with E-state index in [4.69, 9.17) is 0 Å². The smallest absolute Gasteiger partial charge is 0.258 e. The van der Waals surface area contributed by atoms with Crippen LogP contribution in [0.1, 0.15) is 0 Å². The van der Waals surface area contributed by atoms with Gasteiger partial charge < -0.3 is 0 Å². The molecule has 7 heteroatoms. The normalized spacial score (nSPS) is 10.7. The van der Waals surface area contributed by atoms with Gasteiger partial charge in [0.2, 0.25) is 0 Å². The average molecular weight is 371 g/mol. The molecule has 28 heavy (non-hydrogen) atoms. The van der Waals surface area contributed by atoms with Gasteiger partial charge in [-0.25, -0.2) is 4.98 Å². The van der Waals surface area contributed by atoms with Crippen LogP contribution in [0.4, 0.5) is 11.4 Å². The summed E-state index contributed by atoms with van der Waals surface area (Å²) in [5, 5.41) is 23.3. The Balaban J connectivity index is 2.05. The Hall–Kier alpha value is -4.13. The van der Waals surface area contributed by atoms with Gasteiger partial charge in [0.05, 0.1) is 26.6 Å². The fraction of sp³-hybridized carbons (Fsp3) is 0. The van der Waals surface area contributed by atoms with Crippen molar-refractivity contribution >= 4 is 22.3 Å². The zero-order chi connectivity index (χ0) is 19.7. The second-order valence-corrected chi connectivity index (χ2v) is 6.15. The third-order valence-corrected chi connectivity index (χ3v) is 4.46. The maximum absolute atomic E-state index is 11.4. The van der Waals surface area contributed by atoms with Crippen LogP contribution >= 0.6 is 0 Å². The predicted molar refractivity (Wildman–Crippen MR) is 106 cm³/mol. The standard InChI is InChI=1S/C21H13N3O4/c25-23(26)15-10-11-19-18(12-15)17(14-6-2-1-3-7-14)13-20(22-19)16-8-4-5-9-21(16)24(27)28/h1-13H. The van der Waals surface area contributed by atoms with Crippen LogP contribution in [-0.4, -0.2) is 14.8 Å². The van der Waals surface area contributed by atoms with E-state index in [1.807, 2.05) is 30.3 Å². The van der Waals surface area contributed by atoms with Crippen molar-refractivity contribution < 1.29 is 9.85 Å². The summed E-state index contributed by atoms with van der Waals surface area (Å²) in [4.78, 5) is 26.3. The Morgan fingerprint density at radius 3 is 2.14 bits per heavy atom. The highest BCUT2D eigenvalue weighted by Gasteiger charge is 2.19. The van der Waals surface area contributed by atoms with Crippen LogP contribution < -0.4 is 0 Å². The highest BCUT2D eigenvalue weighted by atomic mass is 16.6.